The number of hydrogen-bond donors (Lipinski definition) is 1. The molecule has 4 rings (SSSR count). The fourth-order valence-corrected chi connectivity index (χ4v) is 3.97. The summed E-state index contributed by atoms with van der Waals surface area (Å²) in [5, 5.41) is 3.43. The van der Waals surface area contributed by atoms with Gasteiger partial charge in [-0.15, -0.1) is 0 Å². The molecule has 0 aliphatic heterocycles. The Bertz CT molecular complexity index is 958. The number of nitrogens with zero attached hydrogens (tertiary/aromatic N) is 1. The van der Waals surface area contributed by atoms with Gasteiger partial charge in [0.15, 0.2) is 5.76 Å². The normalized spacial score (nSPS) is 14.9. The van der Waals surface area contributed by atoms with Gasteiger partial charge in [0.2, 0.25) is 12.3 Å². The SMILES string of the molecule is O=CNc1cc(Cl)c(C2(c3ncc(-c4ccc(F)cc4)o3)CC2)c(Cl)c1. The first-order valence-corrected chi connectivity index (χ1v) is 8.71. The molecule has 1 aliphatic rings. The third kappa shape index (κ3) is 2.87. The van der Waals surface area contributed by atoms with Crippen molar-refractivity contribution in [2.24, 2.45) is 0 Å². The smallest absolute Gasteiger partial charge is 0.211 e. The first kappa shape index (κ1) is 17.1. The molecule has 7 heteroatoms. The van der Waals surface area contributed by atoms with Gasteiger partial charge in [0.05, 0.1) is 11.6 Å². The zero-order valence-electron chi connectivity index (χ0n) is 13.4. The zero-order valence-corrected chi connectivity index (χ0v) is 14.9. The number of carbonyl (C=O) groups excluding carboxylic acids is 1. The summed E-state index contributed by atoms with van der Waals surface area (Å²) >= 11 is 12.9. The minimum Gasteiger partial charge on any atom is -0.440 e. The highest BCUT2D eigenvalue weighted by molar-refractivity contribution is 6.37. The van der Waals surface area contributed by atoms with E-state index < -0.39 is 5.41 Å². The summed E-state index contributed by atoms with van der Waals surface area (Å²) in [7, 11) is 0. The van der Waals surface area contributed by atoms with Gasteiger partial charge in [0.1, 0.15) is 5.82 Å². The molecule has 1 aliphatic carbocycles. The van der Waals surface area contributed by atoms with Crippen LogP contribution in [0.5, 0.6) is 0 Å². The van der Waals surface area contributed by atoms with E-state index >= 15 is 0 Å². The molecule has 4 nitrogen and oxygen atoms in total. The second-order valence-corrected chi connectivity index (χ2v) is 7.01. The molecule has 1 amide bonds. The highest BCUT2D eigenvalue weighted by Crippen LogP contribution is 2.57. The number of amides is 1. The molecule has 0 radical (unpaired) electrons. The van der Waals surface area contributed by atoms with Gasteiger partial charge in [-0.3, -0.25) is 4.79 Å². The van der Waals surface area contributed by atoms with Gasteiger partial charge in [0.25, 0.3) is 0 Å². The minimum atomic E-state index is -0.480. The second kappa shape index (κ2) is 6.41. The van der Waals surface area contributed by atoms with Crippen molar-refractivity contribution in [2.75, 3.05) is 5.32 Å². The van der Waals surface area contributed by atoms with Crippen LogP contribution < -0.4 is 5.32 Å². The van der Waals surface area contributed by atoms with Gasteiger partial charge in [-0.25, -0.2) is 9.37 Å². The van der Waals surface area contributed by atoms with Gasteiger partial charge in [-0.1, -0.05) is 23.2 Å². The number of halogens is 3. The van der Waals surface area contributed by atoms with Crippen LogP contribution in [0.25, 0.3) is 11.3 Å². The third-order valence-corrected chi connectivity index (χ3v) is 5.14. The fourth-order valence-electron chi connectivity index (χ4n) is 3.12. The van der Waals surface area contributed by atoms with E-state index in [4.69, 9.17) is 27.6 Å². The van der Waals surface area contributed by atoms with Crippen molar-refractivity contribution in [1.29, 1.82) is 0 Å². The number of oxazole rings is 1. The Labute approximate surface area is 158 Å². The quantitative estimate of drug-likeness (QED) is 0.590. The molecule has 0 saturated heterocycles. The minimum absolute atomic E-state index is 0.310. The molecule has 1 saturated carbocycles. The van der Waals surface area contributed by atoms with E-state index in [-0.39, 0.29) is 5.82 Å². The molecular formula is C19H13Cl2FN2O2. The standard InChI is InChI=1S/C19H13Cl2FN2O2/c20-14-7-13(24-10-25)8-15(21)17(14)19(5-6-19)18-23-9-16(26-18)11-1-3-12(22)4-2-11/h1-4,7-10H,5-6H2,(H,24,25). The lowest BCUT2D eigenvalue weighted by molar-refractivity contribution is -0.105. The van der Waals surface area contributed by atoms with Crippen LogP contribution in [0.1, 0.15) is 24.3 Å². The maximum Gasteiger partial charge on any atom is 0.211 e. The lowest BCUT2D eigenvalue weighted by Crippen LogP contribution is -2.11. The van der Waals surface area contributed by atoms with Crippen molar-refractivity contribution < 1.29 is 13.6 Å². The highest BCUT2D eigenvalue weighted by Gasteiger charge is 2.52. The third-order valence-electron chi connectivity index (χ3n) is 4.54. The summed E-state index contributed by atoms with van der Waals surface area (Å²) in [6, 6.07) is 9.33. The Hall–Kier alpha value is -2.37. The Balaban J connectivity index is 1.72. The molecule has 26 heavy (non-hydrogen) atoms. The van der Waals surface area contributed by atoms with E-state index in [1.54, 1.807) is 30.5 Å². The van der Waals surface area contributed by atoms with Crippen molar-refractivity contribution in [3.8, 4) is 11.3 Å². The van der Waals surface area contributed by atoms with E-state index in [9.17, 15) is 9.18 Å². The molecule has 1 aromatic heterocycles. The Morgan fingerprint density at radius 3 is 2.38 bits per heavy atom. The molecule has 0 spiro atoms. The van der Waals surface area contributed by atoms with E-state index in [0.717, 1.165) is 24.0 Å². The summed E-state index contributed by atoms with van der Waals surface area (Å²) < 4.78 is 19.1. The van der Waals surface area contributed by atoms with Crippen LogP contribution in [0.15, 0.2) is 47.0 Å². The zero-order chi connectivity index (χ0) is 18.3. The largest absolute Gasteiger partial charge is 0.440 e. The molecule has 1 N–H and O–H groups in total. The maximum absolute atomic E-state index is 13.1. The molecule has 0 unspecified atom stereocenters. The van der Waals surface area contributed by atoms with Gasteiger partial charge in [-0.05, 0) is 49.2 Å². The van der Waals surface area contributed by atoms with Gasteiger partial charge in [-0.2, -0.15) is 0 Å². The van der Waals surface area contributed by atoms with Crippen LogP contribution in [0, 0.1) is 5.82 Å². The Morgan fingerprint density at radius 1 is 1.15 bits per heavy atom. The fraction of sp³-hybridized carbons (Fsp3) is 0.158. The van der Waals surface area contributed by atoms with Gasteiger partial charge >= 0.3 is 0 Å². The van der Waals surface area contributed by atoms with Gasteiger partial charge < -0.3 is 9.73 Å². The molecule has 3 aromatic rings. The van der Waals surface area contributed by atoms with Crippen molar-refractivity contribution >= 4 is 35.3 Å². The van der Waals surface area contributed by atoms with Crippen LogP contribution in [0.3, 0.4) is 0 Å². The van der Waals surface area contributed by atoms with E-state index in [1.807, 2.05) is 0 Å². The Morgan fingerprint density at radius 2 is 1.81 bits per heavy atom. The molecule has 1 heterocycles. The summed E-state index contributed by atoms with van der Waals surface area (Å²) in [4.78, 5) is 15.0. The average Bonchev–Trinajstić information content (AvgIpc) is 3.23. The number of carbonyl (C=O) groups is 1. The number of nitrogens with one attached hydrogen (secondary N) is 1. The number of anilines is 1. The van der Waals surface area contributed by atoms with Crippen molar-refractivity contribution in [3.63, 3.8) is 0 Å². The summed E-state index contributed by atoms with van der Waals surface area (Å²) in [6.45, 7) is 0. The number of aromatic nitrogens is 1. The molecule has 0 bridgehead atoms. The van der Waals surface area contributed by atoms with Crippen LogP contribution in [0.2, 0.25) is 10.0 Å². The van der Waals surface area contributed by atoms with E-state index in [0.29, 0.717) is 33.8 Å². The monoisotopic (exact) mass is 390 g/mol. The van der Waals surface area contributed by atoms with E-state index in [1.165, 1.54) is 12.1 Å². The molecule has 1 fully saturated rings. The van der Waals surface area contributed by atoms with Crippen molar-refractivity contribution in [2.45, 2.75) is 18.3 Å². The molecule has 2 aromatic carbocycles. The molecule has 132 valence electrons. The lowest BCUT2D eigenvalue weighted by Gasteiger charge is -2.17. The van der Waals surface area contributed by atoms with Crippen LogP contribution in [-0.4, -0.2) is 11.4 Å². The molecular weight excluding hydrogens is 378 g/mol. The highest BCUT2D eigenvalue weighted by atomic mass is 35.5. The van der Waals surface area contributed by atoms with Crippen LogP contribution in [0.4, 0.5) is 10.1 Å². The van der Waals surface area contributed by atoms with Crippen LogP contribution >= 0.6 is 23.2 Å². The predicted octanol–water partition coefficient (Wildman–Crippen LogP) is 5.44. The topological polar surface area (TPSA) is 55.1 Å². The number of hydrogen-bond acceptors (Lipinski definition) is 3. The predicted molar refractivity (Wildman–Crippen MR) is 98.1 cm³/mol. The number of benzene rings is 2. The van der Waals surface area contributed by atoms with Gasteiger partial charge in [0, 0.05) is 26.9 Å². The Kier molecular flexibility index (Phi) is 4.21. The average molecular weight is 391 g/mol. The second-order valence-electron chi connectivity index (χ2n) is 6.20. The first-order chi connectivity index (χ1) is 12.5. The first-order valence-electron chi connectivity index (χ1n) is 7.95. The van der Waals surface area contributed by atoms with E-state index in [2.05, 4.69) is 10.3 Å². The maximum atomic E-state index is 13.1. The lowest BCUT2D eigenvalue weighted by atomic mass is 9.95. The summed E-state index contributed by atoms with van der Waals surface area (Å²) in [5.41, 5.74) is 1.52. The molecule has 0 atom stereocenters. The number of rotatable bonds is 5. The van der Waals surface area contributed by atoms with Crippen molar-refractivity contribution in [3.05, 3.63) is 69.9 Å². The summed E-state index contributed by atoms with van der Waals surface area (Å²) in [6.07, 6.45) is 3.79. The van der Waals surface area contributed by atoms with Crippen molar-refractivity contribution in [1.82, 2.24) is 4.98 Å². The summed E-state index contributed by atoms with van der Waals surface area (Å²) in [5.74, 6) is 0.768. The van der Waals surface area contributed by atoms with Crippen LogP contribution in [-0.2, 0) is 10.2 Å².